The van der Waals surface area contributed by atoms with Gasteiger partial charge in [-0.2, -0.15) is 0 Å². The highest BCUT2D eigenvalue weighted by Crippen LogP contribution is 2.35. The molecule has 5 nitrogen and oxygen atoms in total. The smallest absolute Gasteiger partial charge is 0.315 e. The Morgan fingerprint density at radius 3 is 2.69 bits per heavy atom. The summed E-state index contributed by atoms with van der Waals surface area (Å²) in [6.07, 6.45) is 12.4. The Balaban J connectivity index is 1.36. The van der Waals surface area contributed by atoms with Crippen molar-refractivity contribution >= 4 is 6.03 Å². The van der Waals surface area contributed by atoms with Gasteiger partial charge in [0.2, 0.25) is 0 Å². The molecular formula is C26H35FN2O3. The molecule has 0 saturated heterocycles. The first-order valence-corrected chi connectivity index (χ1v) is 12.0. The van der Waals surface area contributed by atoms with Crippen molar-refractivity contribution in [2.75, 3.05) is 13.2 Å². The van der Waals surface area contributed by atoms with E-state index >= 15 is 0 Å². The number of hydrogen-bond donors (Lipinski definition) is 2. The third-order valence-electron chi connectivity index (χ3n) is 7.16. The van der Waals surface area contributed by atoms with Gasteiger partial charge in [0.15, 0.2) is 5.76 Å². The number of nitrogens with one attached hydrogen (secondary N) is 2. The van der Waals surface area contributed by atoms with Crippen LogP contribution in [-0.4, -0.2) is 25.3 Å². The van der Waals surface area contributed by atoms with Crippen molar-refractivity contribution in [2.45, 2.75) is 64.5 Å². The molecule has 6 heteroatoms. The molecule has 0 radical (unpaired) electrons. The topological polar surface area (TPSA) is 59.6 Å². The van der Waals surface area contributed by atoms with Crippen molar-refractivity contribution in [3.63, 3.8) is 0 Å². The minimum atomic E-state index is -0.273. The van der Waals surface area contributed by atoms with E-state index in [4.69, 9.17) is 9.47 Å². The standard InChI is InChI=1S/C26H35FN2O3/c1-18(21-9-13-24-25(16-21)32-15-14-31-24)23(12-8-19-4-2-3-5-19)29-26(30)28-17-20-6-10-22(27)11-7-20/h6-7,9-11,13,18-19,21,23H,2-5,8,12,14-17H2,1H3,(H2,28,29,30). The second-order valence-electron chi connectivity index (χ2n) is 9.36. The molecule has 174 valence electrons. The summed E-state index contributed by atoms with van der Waals surface area (Å²) in [5.41, 5.74) is 0.876. The molecule has 2 N–H and O–H groups in total. The molecule has 3 unspecified atom stereocenters. The summed E-state index contributed by atoms with van der Waals surface area (Å²) in [7, 11) is 0. The molecule has 32 heavy (non-hydrogen) atoms. The summed E-state index contributed by atoms with van der Waals surface area (Å²) in [6, 6.07) is 6.12. The van der Waals surface area contributed by atoms with Crippen LogP contribution in [0, 0.1) is 23.6 Å². The van der Waals surface area contributed by atoms with Crippen LogP contribution in [0.25, 0.3) is 0 Å². The van der Waals surface area contributed by atoms with Crippen molar-refractivity contribution in [1.82, 2.24) is 10.6 Å². The van der Waals surface area contributed by atoms with Gasteiger partial charge >= 0.3 is 6.03 Å². The number of rotatable bonds is 8. The van der Waals surface area contributed by atoms with Crippen LogP contribution in [0.2, 0.25) is 0 Å². The largest absolute Gasteiger partial charge is 0.490 e. The lowest BCUT2D eigenvalue weighted by molar-refractivity contribution is 0.0558. The van der Waals surface area contributed by atoms with Crippen LogP contribution < -0.4 is 10.6 Å². The Hall–Kier alpha value is -2.50. The Labute approximate surface area is 190 Å². The van der Waals surface area contributed by atoms with E-state index in [0.29, 0.717) is 25.7 Å². The van der Waals surface area contributed by atoms with Gasteiger partial charge in [-0.25, -0.2) is 9.18 Å². The average Bonchev–Trinajstić information content (AvgIpc) is 3.34. The number of benzene rings is 1. The summed E-state index contributed by atoms with van der Waals surface area (Å²) < 4.78 is 24.6. The van der Waals surface area contributed by atoms with Crippen LogP contribution in [0.5, 0.6) is 0 Å². The Kier molecular flexibility index (Phi) is 7.72. The summed E-state index contributed by atoms with van der Waals surface area (Å²) in [4.78, 5) is 12.7. The molecule has 0 aromatic heterocycles. The SMILES string of the molecule is CC(C1C=CC2=C(C1)OCCO2)C(CCC1CCCC1)NC(=O)NCc1ccc(F)cc1. The van der Waals surface area contributed by atoms with Crippen molar-refractivity contribution in [3.05, 3.63) is 59.3 Å². The van der Waals surface area contributed by atoms with E-state index in [-0.39, 0.29) is 23.8 Å². The van der Waals surface area contributed by atoms with Gasteiger partial charge in [-0.05, 0) is 54.4 Å². The Morgan fingerprint density at radius 1 is 1.16 bits per heavy atom. The van der Waals surface area contributed by atoms with E-state index in [2.05, 4.69) is 23.6 Å². The number of allylic oxidation sites excluding steroid dienone is 3. The van der Waals surface area contributed by atoms with Crippen molar-refractivity contribution in [2.24, 2.45) is 17.8 Å². The number of urea groups is 1. The predicted molar refractivity (Wildman–Crippen MR) is 122 cm³/mol. The zero-order chi connectivity index (χ0) is 22.3. The van der Waals surface area contributed by atoms with Crippen LogP contribution in [0.15, 0.2) is 47.9 Å². The van der Waals surface area contributed by atoms with Crippen molar-refractivity contribution in [1.29, 1.82) is 0 Å². The van der Waals surface area contributed by atoms with Gasteiger partial charge in [0.25, 0.3) is 0 Å². The maximum Gasteiger partial charge on any atom is 0.315 e. The van der Waals surface area contributed by atoms with Gasteiger partial charge in [-0.1, -0.05) is 50.8 Å². The van der Waals surface area contributed by atoms with Crippen LogP contribution in [0.3, 0.4) is 0 Å². The monoisotopic (exact) mass is 442 g/mol. The van der Waals surface area contributed by atoms with Gasteiger partial charge in [0.1, 0.15) is 24.8 Å². The molecule has 0 bridgehead atoms. The summed E-state index contributed by atoms with van der Waals surface area (Å²) in [5, 5.41) is 6.18. The molecule has 1 aromatic rings. The molecule has 2 amide bonds. The molecule has 3 atom stereocenters. The molecule has 3 aliphatic rings. The molecule has 4 rings (SSSR count). The molecule has 1 aliphatic heterocycles. The third-order valence-corrected chi connectivity index (χ3v) is 7.16. The van der Waals surface area contributed by atoms with Gasteiger partial charge in [0.05, 0.1) is 0 Å². The number of amides is 2. The fourth-order valence-electron chi connectivity index (χ4n) is 5.11. The second-order valence-corrected chi connectivity index (χ2v) is 9.36. The van der Waals surface area contributed by atoms with E-state index in [1.165, 1.54) is 37.8 Å². The van der Waals surface area contributed by atoms with Gasteiger partial charge in [0, 0.05) is 19.0 Å². The molecule has 0 spiro atoms. The van der Waals surface area contributed by atoms with Crippen molar-refractivity contribution < 1.29 is 18.7 Å². The fraction of sp³-hybridized carbons (Fsp3) is 0.577. The maximum absolute atomic E-state index is 13.1. The predicted octanol–water partition coefficient (Wildman–Crippen LogP) is 5.43. The minimum absolute atomic E-state index is 0.0742. The first kappa shape index (κ1) is 22.7. The summed E-state index contributed by atoms with van der Waals surface area (Å²) in [5.74, 6) is 2.86. The Morgan fingerprint density at radius 2 is 1.91 bits per heavy atom. The van der Waals surface area contributed by atoms with Crippen LogP contribution in [-0.2, 0) is 16.0 Å². The zero-order valence-corrected chi connectivity index (χ0v) is 18.9. The van der Waals surface area contributed by atoms with Crippen LogP contribution in [0.4, 0.5) is 9.18 Å². The Bertz CT molecular complexity index is 830. The molecule has 1 saturated carbocycles. The number of carbonyl (C=O) groups is 1. The van der Waals surface area contributed by atoms with Crippen LogP contribution in [0.1, 0.15) is 57.4 Å². The molecular weight excluding hydrogens is 407 g/mol. The highest BCUT2D eigenvalue weighted by molar-refractivity contribution is 5.74. The lowest BCUT2D eigenvalue weighted by Crippen LogP contribution is -2.46. The molecule has 1 aromatic carbocycles. The van der Waals surface area contributed by atoms with E-state index in [1.807, 2.05) is 6.08 Å². The third kappa shape index (κ3) is 6.05. The first-order chi connectivity index (χ1) is 15.6. The lowest BCUT2D eigenvalue weighted by atomic mass is 9.80. The van der Waals surface area contributed by atoms with E-state index < -0.39 is 0 Å². The van der Waals surface area contributed by atoms with E-state index in [1.54, 1.807) is 12.1 Å². The summed E-state index contributed by atoms with van der Waals surface area (Å²) >= 11 is 0. The zero-order valence-electron chi connectivity index (χ0n) is 18.9. The van der Waals surface area contributed by atoms with E-state index in [0.717, 1.165) is 42.3 Å². The number of halogens is 1. The highest BCUT2D eigenvalue weighted by Gasteiger charge is 2.31. The number of hydrogen-bond acceptors (Lipinski definition) is 3. The van der Waals surface area contributed by atoms with Gasteiger partial charge in [-0.15, -0.1) is 0 Å². The quantitative estimate of drug-likeness (QED) is 0.564. The molecule has 1 fully saturated rings. The van der Waals surface area contributed by atoms with Gasteiger partial charge in [-0.3, -0.25) is 0 Å². The maximum atomic E-state index is 13.1. The number of carbonyl (C=O) groups excluding carboxylic acids is 1. The van der Waals surface area contributed by atoms with Crippen LogP contribution >= 0.6 is 0 Å². The number of ether oxygens (including phenoxy) is 2. The molecule has 1 heterocycles. The fourth-order valence-corrected chi connectivity index (χ4v) is 5.11. The van der Waals surface area contributed by atoms with Crippen molar-refractivity contribution in [3.8, 4) is 0 Å². The molecule has 2 aliphatic carbocycles. The van der Waals surface area contributed by atoms with E-state index in [9.17, 15) is 9.18 Å². The minimum Gasteiger partial charge on any atom is -0.490 e. The summed E-state index contributed by atoms with van der Waals surface area (Å²) in [6.45, 7) is 3.80. The normalized spacial score (nSPS) is 22.5. The van der Waals surface area contributed by atoms with Gasteiger partial charge < -0.3 is 20.1 Å². The average molecular weight is 443 g/mol. The lowest BCUT2D eigenvalue weighted by Gasteiger charge is -2.34. The highest BCUT2D eigenvalue weighted by atomic mass is 19.1. The second kappa shape index (κ2) is 10.9. The first-order valence-electron chi connectivity index (χ1n) is 12.0.